The fourth-order valence-electron chi connectivity index (χ4n) is 2.54. The van der Waals surface area contributed by atoms with Crippen LogP contribution in [0.2, 0.25) is 10.0 Å². The number of amides is 1. The summed E-state index contributed by atoms with van der Waals surface area (Å²) in [6.45, 7) is 8.33. The van der Waals surface area contributed by atoms with Crippen molar-refractivity contribution < 1.29 is 9.53 Å². The summed E-state index contributed by atoms with van der Waals surface area (Å²) in [6, 6.07) is 10.8. The van der Waals surface area contributed by atoms with Gasteiger partial charge >= 0.3 is 0 Å². The zero-order chi connectivity index (χ0) is 20.8. The molecule has 0 heterocycles. The van der Waals surface area contributed by atoms with E-state index in [9.17, 15) is 10.1 Å². The third-order valence-electron chi connectivity index (χ3n) is 3.89. The summed E-state index contributed by atoms with van der Waals surface area (Å²) in [5.41, 5.74) is 3.06. The average molecular weight is 417 g/mol. The van der Waals surface area contributed by atoms with Crippen molar-refractivity contribution in [3.8, 4) is 11.8 Å². The lowest BCUT2D eigenvalue weighted by Crippen LogP contribution is -2.14. The molecule has 0 radical (unpaired) electrons. The Balaban J connectivity index is 2.37. The predicted octanol–water partition coefficient (Wildman–Crippen LogP) is 6.19. The number of carbonyl (C=O) groups is 1. The number of ether oxygens (including phenoxy) is 1. The normalized spacial score (nSPS) is 11.3. The van der Waals surface area contributed by atoms with Gasteiger partial charge in [0.05, 0.1) is 11.6 Å². The van der Waals surface area contributed by atoms with Crippen LogP contribution in [0.25, 0.3) is 6.08 Å². The summed E-state index contributed by atoms with van der Waals surface area (Å²) in [6.07, 6.45) is 1.44. The van der Waals surface area contributed by atoms with Crippen molar-refractivity contribution in [3.05, 3.63) is 62.6 Å². The molecule has 4 nitrogen and oxygen atoms in total. The smallest absolute Gasteiger partial charge is 0.266 e. The molecule has 0 fully saturated rings. The van der Waals surface area contributed by atoms with Gasteiger partial charge < -0.3 is 10.1 Å². The summed E-state index contributed by atoms with van der Waals surface area (Å²) < 4.78 is 5.78. The molecular formula is C22H22Cl2N2O2. The Hall–Kier alpha value is -2.48. The van der Waals surface area contributed by atoms with Crippen LogP contribution in [0.1, 0.15) is 30.5 Å². The summed E-state index contributed by atoms with van der Waals surface area (Å²) in [5.74, 6) is 0.166. The molecule has 2 aromatic carbocycles. The maximum atomic E-state index is 12.6. The highest BCUT2D eigenvalue weighted by molar-refractivity contribution is 6.36. The first-order valence-electron chi connectivity index (χ1n) is 8.83. The Kier molecular flexibility index (Phi) is 7.51. The van der Waals surface area contributed by atoms with Gasteiger partial charge in [-0.1, -0.05) is 54.7 Å². The molecule has 0 aliphatic heterocycles. The van der Waals surface area contributed by atoms with E-state index in [4.69, 9.17) is 27.9 Å². The van der Waals surface area contributed by atoms with Gasteiger partial charge in [-0.2, -0.15) is 5.26 Å². The number of aryl methyl sites for hydroxylation is 2. The zero-order valence-corrected chi connectivity index (χ0v) is 17.8. The van der Waals surface area contributed by atoms with Gasteiger partial charge in [0, 0.05) is 16.3 Å². The number of nitrogens with zero attached hydrogens (tertiary/aromatic N) is 1. The molecule has 0 saturated carbocycles. The Labute approximate surface area is 175 Å². The Morgan fingerprint density at radius 1 is 1.25 bits per heavy atom. The lowest BCUT2D eigenvalue weighted by molar-refractivity contribution is -0.112. The minimum absolute atomic E-state index is 0.0762. The largest absolute Gasteiger partial charge is 0.491 e. The van der Waals surface area contributed by atoms with Crippen molar-refractivity contribution in [1.82, 2.24) is 0 Å². The number of benzene rings is 2. The van der Waals surface area contributed by atoms with Crippen LogP contribution in [0.15, 0.2) is 35.9 Å². The van der Waals surface area contributed by atoms with Gasteiger partial charge in [0.2, 0.25) is 0 Å². The molecule has 0 aliphatic carbocycles. The molecule has 28 heavy (non-hydrogen) atoms. The van der Waals surface area contributed by atoms with Crippen molar-refractivity contribution in [2.45, 2.75) is 27.7 Å². The summed E-state index contributed by atoms with van der Waals surface area (Å²) in [7, 11) is 0. The molecule has 1 N–H and O–H groups in total. The van der Waals surface area contributed by atoms with E-state index in [-0.39, 0.29) is 11.5 Å². The SMILES string of the molecule is Cc1ccc(NC(=O)/C(C#N)=C/c2cc(Cl)cc(Cl)c2OCC(C)C)c(C)c1. The van der Waals surface area contributed by atoms with E-state index in [1.165, 1.54) is 6.08 Å². The van der Waals surface area contributed by atoms with E-state index in [2.05, 4.69) is 5.32 Å². The second-order valence-corrected chi connectivity index (χ2v) is 7.80. The topological polar surface area (TPSA) is 62.1 Å². The quantitative estimate of drug-likeness (QED) is 0.450. The summed E-state index contributed by atoms with van der Waals surface area (Å²) in [5, 5.41) is 13.0. The predicted molar refractivity (Wildman–Crippen MR) is 115 cm³/mol. The highest BCUT2D eigenvalue weighted by Gasteiger charge is 2.15. The molecule has 0 aliphatic rings. The van der Waals surface area contributed by atoms with E-state index in [1.54, 1.807) is 12.1 Å². The van der Waals surface area contributed by atoms with Crippen LogP contribution < -0.4 is 10.1 Å². The van der Waals surface area contributed by atoms with Gasteiger partial charge in [0.1, 0.15) is 17.4 Å². The van der Waals surface area contributed by atoms with Crippen LogP contribution in [-0.4, -0.2) is 12.5 Å². The highest BCUT2D eigenvalue weighted by Crippen LogP contribution is 2.34. The molecule has 146 valence electrons. The Morgan fingerprint density at radius 3 is 2.57 bits per heavy atom. The van der Waals surface area contributed by atoms with Crippen LogP contribution in [0.5, 0.6) is 5.75 Å². The first kappa shape index (κ1) is 21.8. The average Bonchev–Trinajstić information content (AvgIpc) is 2.60. The van der Waals surface area contributed by atoms with E-state index in [0.29, 0.717) is 33.7 Å². The Bertz CT molecular complexity index is 960. The zero-order valence-electron chi connectivity index (χ0n) is 16.3. The fourth-order valence-corrected chi connectivity index (χ4v) is 3.10. The number of nitrogens with one attached hydrogen (secondary N) is 1. The molecule has 0 bridgehead atoms. The fraction of sp³-hybridized carbons (Fsp3) is 0.273. The molecule has 0 aromatic heterocycles. The molecule has 2 rings (SSSR count). The van der Waals surface area contributed by atoms with Crippen LogP contribution in [-0.2, 0) is 4.79 Å². The minimum Gasteiger partial charge on any atom is -0.491 e. The molecule has 0 saturated heterocycles. The third kappa shape index (κ3) is 5.76. The molecule has 1 amide bonds. The van der Waals surface area contributed by atoms with Crippen molar-refractivity contribution >= 4 is 40.9 Å². The molecule has 0 atom stereocenters. The minimum atomic E-state index is -0.514. The number of anilines is 1. The molecule has 2 aromatic rings. The molecular weight excluding hydrogens is 395 g/mol. The van der Waals surface area contributed by atoms with Gasteiger partial charge in [0.25, 0.3) is 5.91 Å². The highest BCUT2D eigenvalue weighted by atomic mass is 35.5. The number of rotatable bonds is 6. The standard InChI is InChI=1S/C22H22Cl2N2O2/c1-13(2)12-28-21-16(9-18(23)10-19(21)24)8-17(11-25)22(27)26-20-6-5-14(3)7-15(20)4/h5-10,13H,12H2,1-4H3,(H,26,27)/b17-8+. The number of carbonyl (C=O) groups excluding carboxylic acids is 1. The monoisotopic (exact) mass is 416 g/mol. The maximum Gasteiger partial charge on any atom is 0.266 e. The number of hydrogen-bond acceptors (Lipinski definition) is 3. The number of halogens is 2. The van der Waals surface area contributed by atoms with Crippen LogP contribution in [0.3, 0.4) is 0 Å². The lowest BCUT2D eigenvalue weighted by atomic mass is 10.1. The molecule has 6 heteroatoms. The van der Waals surface area contributed by atoms with Gasteiger partial charge in [0.15, 0.2) is 0 Å². The van der Waals surface area contributed by atoms with E-state index in [1.807, 2.05) is 52.0 Å². The Morgan fingerprint density at radius 2 is 1.96 bits per heavy atom. The van der Waals surface area contributed by atoms with Crippen LogP contribution in [0, 0.1) is 31.1 Å². The molecule has 0 unspecified atom stereocenters. The van der Waals surface area contributed by atoms with Crippen molar-refractivity contribution in [2.75, 3.05) is 11.9 Å². The van der Waals surface area contributed by atoms with Gasteiger partial charge in [-0.3, -0.25) is 4.79 Å². The number of hydrogen-bond donors (Lipinski definition) is 1. The second-order valence-electron chi connectivity index (χ2n) is 6.95. The van der Waals surface area contributed by atoms with E-state index >= 15 is 0 Å². The molecule has 0 spiro atoms. The number of nitriles is 1. The van der Waals surface area contributed by atoms with Crippen LogP contribution >= 0.6 is 23.2 Å². The first-order chi connectivity index (χ1) is 13.2. The van der Waals surface area contributed by atoms with Crippen molar-refractivity contribution in [2.24, 2.45) is 5.92 Å². The third-order valence-corrected chi connectivity index (χ3v) is 4.39. The first-order valence-corrected chi connectivity index (χ1v) is 9.59. The summed E-state index contributed by atoms with van der Waals surface area (Å²) in [4.78, 5) is 12.6. The van der Waals surface area contributed by atoms with Gasteiger partial charge in [-0.25, -0.2) is 0 Å². The van der Waals surface area contributed by atoms with Gasteiger partial charge in [-0.15, -0.1) is 0 Å². The van der Waals surface area contributed by atoms with Crippen molar-refractivity contribution in [1.29, 1.82) is 5.26 Å². The van der Waals surface area contributed by atoms with E-state index in [0.717, 1.165) is 11.1 Å². The van der Waals surface area contributed by atoms with Crippen molar-refractivity contribution in [3.63, 3.8) is 0 Å². The van der Waals surface area contributed by atoms with Gasteiger partial charge in [-0.05, 0) is 49.6 Å². The summed E-state index contributed by atoms with van der Waals surface area (Å²) >= 11 is 12.4. The lowest BCUT2D eigenvalue weighted by Gasteiger charge is -2.14. The second kappa shape index (κ2) is 9.64. The van der Waals surface area contributed by atoms with E-state index < -0.39 is 5.91 Å². The maximum absolute atomic E-state index is 12.6. The van der Waals surface area contributed by atoms with Crippen LogP contribution in [0.4, 0.5) is 5.69 Å².